The van der Waals surface area contributed by atoms with Gasteiger partial charge < -0.3 is 4.74 Å². The molecule has 1 aliphatic carbocycles. The van der Waals surface area contributed by atoms with E-state index in [1.165, 1.54) is 17.7 Å². The van der Waals surface area contributed by atoms with E-state index in [1.807, 2.05) is 26.0 Å². The molecule has 0 amide bonds. The van der Waals surface area contributed by atoms with Crippen LogP contribution in [-0.2, 0) is 25.9 Å². The number of aromatic amines is 1. The summed E-state index contributed by atoms with van der Waals surface area (Å²) in [4.78, 5) is 0. The first kappa shape index (κ1) is 19.4. The number of benzene rings is 1. The molecule has 0 saturated heterocycles. The zero-order valence-corrected chi connectivity index (χ0v) is 17.3. The van der Waals surface area contributed by atoms with E-state index >= 15 is 0 Å². The van der Waals surface area contributed by atoms with Gasteiger partial charge in [0.15, 0.2) is 10.6 Å². The summed E-state index contributed by atoms with van der Waals surface area (Å²) in [6.45, 7) is 7.60. The minimum absolute atomic E-state index is 0.626. The molecule has 3 aromatic rings. The Bertz CT molecular complexity index is 952. The topological polar surface area (TPSA) is 60.7 Å². The van der Waals surface area contributed by atoms with Gasteiger partial charge in [-0.05, 0) is 56.1 Å². The molecular formula is C20H27N5OS. The van der Waals surface area contributed by atoms with Gasteiger partial charge in [-0.15, -0.1) is 0 Å². The van der Waals surface area contributed by atoms with Crippen LogP contribution < -0.4 is 4.74 Å². The van der Waals surface area contributed by atoms with Crippen LogP contribution in [0.3, 0.4) is 0 Å². The number of hydrogen-bond acceptors (Lipinski definition) is 4. The van der Waals surface area contributed by atoms with Crippen LogP contribution in [-0.4, -0.2) is 31.7 Å². The maximum absolute atomic E-state index is 5.49. The summed E-state index contributed by atoms with van der Waals surface area (Å²) in [7, 11) is 1.67. The highest BCUT2D eigenvalue weighted by Crippen LogP contribution is 2.32. The number of nitrogens with one attached hydrogen (secondary N) is 1. The first-order chi connectivity index (χ1) is 13.2. The maximum Gasteiger partial charge on any atom is 0.195 e. The predicted molar refractivity (Wildman–Crippen MR) is 110 cm³/mol. The van der Waals surface area contributed by atoms with Gasteiger partial charge in [0.05, 0.1) is 19.3 Å². The van der Waals surface area contributed by atoms with Crippen LogP contribution >= 0.6 is 12.2 Å². The Morgan fingerprint density at radius 1 is 1.19 bits per heavy atom. The first-order valence-corrected chi connectivity index (χ1v) is 9.99. The minimum Gasteiger partial charge on any atom is -0.497 e. The molecule has 144 valence electrons. The number of ether oxygens (including phenoxy) is 1. The zero-order valence-electron chi connectivity index (χ0n) is 16.5. The largest absolute Gasteiger partial charge is 0.497 e. The first-order valence-electron chi connectivity index (χ1n) is 9.58. The Kier molecular flexibility index (Phi) is 6.11. The molecule has 6 nitrogen and oxygen atoms in total. The van der Waals surface area contributed by atoms with Crippen molar-refractivity contribution in [3.8, 4) is 17.3 Å². The van der Waals surface area contributed by atoms with Gasteiger partial charge in [0, 0.05) is 12.1 Å². The average Bonchev–Trinajstić information content (AvgIpc) is 3.39. The summed E-state index contributed by atoms with van der Waals surface area (Å²) in [5, 5.41) is 12.3. The van der Waals surface area contributed by atoms with E-state index in [1.54, 1.807) is 7.11 Å². The summed E-state index contributed by atoms with van der Waals surface area (Å²) in [5.41, 5.74) is 4.79. The standard InChI is InChI=1S/C18H21N5OS.C2H6/c1-3-23-16(14-5-4-6-15(14)21-23)17-19-20-18(25)22(17)11-12-7-9-13(24-2)10-8-12;1-2/h7-10H,3-6,11H2,1-2H3,(H,20,25);1-2H3. The highest BCUT2D eigenvalue weighted by molar-refractivity contribution is 7.71. The van der Waals surface area contributed by atoms with Crippen LogP contribution in [0, 0.1) is 4.77 Å². The third-order valence-corrected chi connectivity index (χ3v) is 5.06. The van der Waals surface area contributed by atoms with Crippen LogP contribution in [0.1, 0.15) is 44.0 Å². The molecule has 0 radical (unpaired) electrons. The van der Waals surface area contributed by atoms with Gasteiger partial charge in [0.1, 0.15) is 11.4 Å². The Morgan fingerprint density at radius 3 is 2.59 bits per heavy atom. The highest BCUT2D eigenvalue weighted by Gasteiger charge is 2.25. The van der Waals surface area contributed by atoms with Gasteiger partial charge in [-0.1, -0.05) is 26.0 Å². The van der Waals surface area contributed by atoms with E-state index < -0.39 is 0 Å². The number of aromatic nitrogens is 5. The fourth-order valence-corrected chi connectivity index (χ4v) is 3.68. The van der Waals surface area contributed by atoms with Crippen molar-refractivity contribution < 1.29 is 4.74 Å². The van der Waals surface area contributed by atoms with E-state index in [9.17, 15) is 0 Å². The van der Waals surface area contributed by atoms with E-state index in [2.05, 4.69) is 38.5 Å². The molecule has 1 N–H and O–H groups in total. The second-order valence-electron chi connectivity index (χ2n) is 6.23. The van der Waals surface area contributed by atoms with Crippen LogP contribution in [0.2, 0.25) is 0 Å². The van der Waals surface area contributed by atoms with Gasteiger partial charge >= 0.3 is 0 Å². The molecule has 1 aliphatic rings. The lowest BCUT2D eigenvalue weighted by Crippen LogP contribution is -2.08. The molecule has 4 rings (SSSR count). The smallest absolute Gasteiger partial charge is 0.195 e. The van der Waals surface area contributed by atoms with Crippen molar-refractivity contribution in [2.75, 3.05) is 7.11 Å². The van der Waals surface area contributed by atoms with Crippen molar-refractivity contribution in [3.05, 3.63) is 45.9 Å². The lowest BCUT2D eigenvalue weighted by atomic mass is 10.1. The zero-order chi connectivity index (χ0) is 19.4. The molecule has 27 heavy (non-hydrogen) atoms. The Hall–Kier alpha value is -2.41. The van der Waals surface area contributed by atoms with Crippen LogP contribution in [0.4, 0.5) is 0 Å². The quantitative estimate of drug-likeness (QED) is 0.662. The lowest BCUT2D eigenvalue weighted by Gasteiger charge is -2.10. The van der Waals surface area contributed by atoms with Gasteiger partial charge in [0.25, 0.3) is 0 Å². The second-order valence-corrected chi connectivity index (χ2v) is 6.62. The third-order valence-electron chi connectivity index (χ3n) is 4.74. The van der Waals surface area contributed by atoms with E-state index in [4.69, 9.17) is 22.1 Å². The van der Waals surface area contributed by atoms with Gasteiger partial charge in [-0.3, -0.25) is 14.3 Å². The Labute approximate surface area is 165 Å². The minimum atomic E-state index is 0.626. The summed E-state index contributed by atoms with van der Waals surface area (Å²) in [6.07, 6.45) is 3.28. The SMILES string of the molecule is CC.CCn1nc2c(c1-c1n[nH]c(=S)n1Cc1ccc(OC)cc1)CCC2. The number of nitrogens with zero attached hydrogens (tertiary/aromatic N) is 4. The van der Waals surface area contributed by atoms with Crippen LogP contribution in [0.25, 0.3) is 11.5 Å². The second kappa shape index (κ2) is 8.52. The number of H-pyrrole nitrogens is 1. The molecule has 0 saturated carbocycles. The number of aryl methyl sites for hydroxylation is 2. The Morgan fingerprint density at radius 2 is 1.93 bits per heavy atom. The molecule has 7 heteroatoms. The third kappa shape index (κ3) is 3.69. The maximum atomic E-state index is 5.49. The summed E-state index contributed by atoms with van der Waals surface area (Å²) in [6, 6.07) is 8.04. The molecule has 0 unspecified atom stereocenters. The molecule has 0 bridgehead atoms. The predicted octanol–water partition coefficient (Wildman–Crippen LogP) is 4.40. The lowest BCUT2D eigenvalue weighted by molar-refractivity contribution is 0.414. The molecule has 1 aromatic carbocycles. The number of methoxy groups -OCH3 is 1. The molecule has 0 aliphatic heterocycles. The van der Waals surface area contributed by atoms with Gasteiger partial charge in [-0.2, -0.15) is 10.2 Å². The van der Waals surface area contributed by atoms with E-state index in [0.29, 0.717) is 11.3 Å². The molecule has 0 spiro atoms. The van der Waals surface area contributed by atoms with E-state index in [-0.39, 0.29) is 0 Å². The normalized spacial score (nSPS) is 12.4. The molecule has 2 aromatic heterocycles. The monoisotopic (exact) mass is 385 g/mol. The van der Waals surface area contributed by atoms with Crippen molar-refractivity contribution >= 4 is 12.2 Å². The number of hydrogen-bond donors (Lipinski definition) is 1. The van der Waals surface area contributed by atoms with Crippen LogP contribution in [0.15, 0.2) is 24.3 Å². The number of rotatable bonds is 5. The molecule has 2 heterocycles. The summed E-state index contributed by atoms with van der Waals surface area (Å²) in [5.74, 6) is 1.72. The van der Waals surface area contributed by atoms with Crippen molar-refractivity contribution in [3.63, 3.8) is 0 Å². The highest BCUT2D eigenvalue weighted by atomic mass is 32.1. The van der Waals surface area contributed by atoms with Crippen molar-refractivity contribution in [2.24, 2.45) is 0 Å². The van der Waals surface area contributed by atoms with Crippen molar-refractivity contribution in [1.82, 2.24) is 24.5 Å². The average molecular weight is 386 g/mol. The Balaban J connectivity index is 0.00000102. The molecule has 0 fully saturated rings. The summed E-state index contributed by atoms with van der Waals surface area (Å²) >= 11 is 5.49. The van der Waals surface area contributed by atoms with Gasteiger partial charge in [0.2, 0.25) is 0 Å². The number of fused-ring (bicyclic) bond motifs is 1. The van der Waals surface area contributed by atoms with Crippen molar-refractivity contribution in [1.29, 1.82) is 0 Å². The van der Waals surface area contributed by atoms with E-state index in [0.717, 1.165) is 42.2 Å². The summed E-state index contributed by atoms with van der Waals surface area (Å²) < 4.78 is 9.97. The van der Waals surface area contributed by atoms with Gasteiger partial charge in [-0.25, -0.2) is 0 Å². The van der Waals surface area contributed by atoms with Crippen LogP contribution in [0.5, 0.6) is 5.75 Å². The molecular weight excluding hydrogens is 358 g/mol. The fraction of sp³-hybridized carbons (Fsp3) is 0.450. The van der Waals surface area contributed by atoms with Crippen molar-refractivity contribution in [2.45, 2.75) is 53.1 Å². The molecule has 0 atom stereocenters. The fourth-order valence-electron chi connectivity index (χ4n) is 3.48.